The lowest BCUT2D eigenvalue weighted by molar-refractivity contribution is 0.0489. The summed E-state index contributed by atoms with van der Waals surface area (Å²) in [6.45, 7) is 6.84. The normalized spacial score (nSPS) is 21.7. The zero-order valence-corrected chi connectivity index (χ0v) is 25.6. The van der Waals surface area contributed by atoms with Gasteiger partial charge in [-0.25, -0.2) is 0 Å². The molecule has 1 aliphatic rings. The minimum absolute atomic E-state index is 0.0609. The fourth-order valence-corrected chi connectivity index (χ4v) is 8.31. The molecule has 0 heterocycles. The van der Waals surface area contributed by atoms with Crippen LogP contribution in [-0.4, -0.2) is 34.3 Å². The third-order valence-corrected chi connectivity index (χ3v) is 10.8. The molecule has 210 valence electrons. The maximum absolute atomic E-state index is 15.7. The quantitative estimate of drug-likeness (QED) is 0.261. The molecule has 1 saturated carbocycles. The molecule has 0 amide bonds. The van der Waals surface area contributed by atoms with E-state index in [1.165, 1.54) is 6.42 Å². The zero-order valence-electron chi connectivity index (χ0n) is 24.7. The minimum Gasteiger partial charge on any atom is -0.378 e. The Labute approximate surface area is 236 Å². The molecule has 0 aliphatic heterocycles. The number of anilines is 3. The first-order valence-corrected chi connectivity index (χ1v) is 15.9. The average Bonchev–Trinajstić information content (AvgIpc) is 2.92. The molecule has 3 aromatic rings. The van der Waals surface area contributed by atoms with Gasteiger partial charge < -0.3 is 19.6 Å². The van der Waals surface area contributed by atoms with Crippen LogP contribution in [0.4, 0.5) is 17.1 Å². The van der Waals surface area contributed by atoms with Gasteiger partial charge in [0.15, 0.2) is 0 Å². The number of rotatable bonds is 10. The van der Waals surface area contributed by atoms with Crippen LogP contribution in [0.3, 0.4) is 0 Å². The van der Waals surface area contributed by atoms with Crippen molar-refractivity contribution in [3.8, 4) is 0 Å². The van der Waals surface area contributed by atoms with Gasteiger partial charge in [0, 0.05) is 50.6 Å². The van der Waals surface area contributed by atoms with Gasteiger partial charge in [-0.3, -0.25) is 4.57 Å². The van der Waals surface area contributed by atoms with Crippen LogP contribution >= 0.6 is 7.37 Å². The molecule has 3 aromatic carbocycles. The lowest BCUT2D eigenvalue weighted by Crippen LogP contribution is -2.35. The first kappa shape index (κ1) is 29.2. The summed E-state index contributed by atoms with van der Waals surface area (Å²) in [5.41, 5.74) is 4.04. The van der Waals surface area contributed by atoms with Crippen molar-refractivity contribution in [3.05, 3.63) is 84.4 Å². The van der Waals surface area contributed by atoms with Crippen molar-refractivity contribution in [2.24, 2.45) is 17.8 Å². The number of nitrogens with one attached hydrogen (secondary N) is 1. The van der Waals surface area contributed by atoms with Crippen molar-refractivity contribution < 1.29 is 9.09 Å². The highest BCUT2D eigenvalue weighted by Crippen LogP contribution is 2.61. The monoisotopic (exact) mass is 547 g/mol. The van der Waals surface area contributed by atoms with Crippen LogP contribution in [0.15, 0.2) is 78.9 Å². The molecule has 5 atom stereocenters. The SMILES string of the molecule is CC1CCC(C(C)C)C(OP(=O)(c2ccc(N(C)C)cc2)C(Nc2ccccc2)c2ccc(N(C)C)cc2)C1. The highest BCUT2D eigenvalue weighted by molar-refractivity contribution is 7.67. The van der Waals surface area contributed by atoms with Crippen molar-refractivity contribution in [1.29, 1.82) is 0 Å². The molecule has 6 heteroatoms. The predicted molar refractivity (Wildman–Crippen MR) is 168 cm³/mol. The van der Waals surface area contributed by atoms with E-state index in [1.807, 2.05) is 82.8 Å². The van der Waals surface area contributed by atoms with Crippen LogP contribution in [0.25, 0.3) is 0 Å². The molecule has 5 unspecified atom stereocenters. The summed E-state index contributed by atoms with van der Waals surface area (Å²) in [5.74, 6) is 0.858. The van der Waals surface area contributed by atoms with E-state index in [-0.39, 0.29) is 6.10 Å². The third kappa shape index (κ3) is 6.88. The lowest BCUT2D eigenvalue weighted by Gasteiger charge is -2.41. The second-order valence-electron chi connectivity index (χ2n) is 11.9. The van der Waals surface area contributed by atoms with Crippen molar-refractivity contribution in [2.75, 3.05) is 43.3 Å². The Morgan fingerprint density at radius 2 is 1.38 bits per heavy atom. The fraction of sp³-hybridized carbons (Fsp3) is 0.455. The summed E-state index contributed by atoms with van der Waals surface area (Å²) in [7, 11) is 4.64. The number of hydrogen-bond acceptors (Lipinski definition) is 5. The second-order valence-corrected chi connectivity index (χ2v) is 14.3. The fourth-order valence-electron chi connectivity index (χ4n) is 5.68. The van der Waals surface area contributed by atoms with E-state index < -0.39 is 13.2 Å². The Balaban J connectivity index is 1.85. The van der Waals surface area contributed by atoms with Gasteiger partial charge in [0.2, 0.25) is 0 Å². The number of benzene rings is 3. The minimum atomic E-state index is -3.47. The maximum Gasteiger partial charge on any atom is 0.258 e. The van der Waals surface area contributed by atoms with Crippen LogP contribution in [0.2, 0.25) is 0 Å². The van der Waals surface area contributed by atoms with Crippen LogP contribution in [0.1, 0.15) is 51.4 Å². The Morgan fingerprint density at radius 3 is 1.92 bits per heavy atom. The molecule has 0 radical (unpaired) electrons. The number of nitrogens with zero attached hydrogens (tertiary/aromatic N) is 2. The third-order valence-electron chi connectivity index (χ3n) is 8.12. The van der Waals surface area contributed by atoms with Crippen LogP contribution in [0, 0.1) is 17.8 Å². The molecule has 0 bridgehead atoms. The van der Waals surface area contributed by atoms with Gasteiger partial charge in [0.1, 0.15) is 5.78 Å². The number of para-hydroxylation sites is 1. The number of hydrogen-bond donors (Lipinski definition) is 1. The molecule has 0 saturated heterocycles. The standard InChI is InChI=1S/C33H46N3O2P/c1-24(2)31-22-13-25(3)23-32(31)38-39(37,30-20-18-29(19-21-30)36(6)7)33(34-27-11-9-8-10-12-27)26-14-16-28(17-15-26)35(4)5/h8-12,14-21,24-25,31-34H,13,22-23H2,1-7H3. The molecule has 5 nitrogen and oxygen atoms in total. The van der Waals surface area contributed by atoms with Crippen molar-refractivity contribution in [2.45, 2.75) is 51.9 Å². The summed E-state index contributed by atoms with van der Waals surface area (Å²) < 4.78 is 22.7. The van der Waals surface area contributed by atoms with E-state index in [4.69, 9.17) is 4.52 Å². The van der Waals surface area contributed by atoms with Crippen LogP contribution in [-0.2, 0) is 9.09 Å². The summed E-state index contributed by atoms with van der Waals surface area (Å²) in [4.78, 5) is 4.14. The van der Waals surface area contributed by atoms with E-state index in [1.54, 1.807) is 0 Å². The Hall–Kier alpha value is -2.75. The first-order valence-electron chi connectivity index (χ1n) is 14.2. The van der Waals surface area contributed by atoms with Gasteiger partial charge >= 0.3 is 0 Å². The average molecular weight is 548 g/mol. The smallest absolute Gasteiger partial charge is 0.258 e. The Kier molecular flexibility index (Phi) is 9.46. The molecule has 0 aromatic heterocycles. The largest absolute Gasteiger partial charge is 0.378 e. The molecular formula is C33H46N3O2P. The molecule has 39 heavy (non-hydrogen) atoms. The van der Waals surface area contributed by atoms with E-state index in [0.29, 0.717) is 17.8 Å². The first-order chi connectivity index (χ1) is 18.6. The Bertz CT molecular complexity index is 1230. The van der Waals surface area contributed by atoms with Crippen LogP contribution in [0.5, 0.6) is 0 Å². The van der Waals surface area contributed by atoms with Gasteiger partial charge in [-0.05, 0) is 84.7 Å². The molecular weight excluding hydrogens is 501 g/mol. The van der Waals surface area contributed by atoms with E-state index in [0.717, 1.165) is 40.8 Å². The molecule has 0 spiro atoms. The molecule has 1 aliphatic carbocycles. The lowest BCUT2D eigenvalue weighted by atomic mass is 9.75. The highest BCUT2D eigenvalue weighted by Gasteiger charge is 2.43. The maximum atomic E-state index is 15.7. The molecule has 4 rings (SSSR count). The van der Waals surface area contributed by atoms with Gasteiger partial charge in [0.05, 0.1) is 6.10 Å². The van der Waals surface area contributed by atoms with Crippen molar-refractivity contribution in [1.82, 2.24) is 0 Å². The van der Waals surface area contributed by atoms with Gasteiger partial charge in [-0.2, -0.15) is 0 Å². The summed E-state index contributed by atoms with van der Waals surface area (Å²) >= 11 is 0. The predicted octanol–water partition coefficient (Wildman–Crippen LogP) is 8.01. The van der Waals surface area contributed by atoms with Crippen molar-refractivity contribution in [3.63, 3.8) is 0 Å². The summed E-state index contributed by atoms with van der Waals surface area (Å²) in [6.07, 6.45) is 3.18. The van der Waals surface area contributed by atoms with Crippen LogP contribution < -0.4 is 20.4 Å². The van der Waals surface area contributed by atoms with E-state index >= 15 is 4.57 Å². The topological polar surface area (TPSA) is 44.8 Å². The van der Waals surface area contributed by atoms with E-state index in [2.05, 4.69) is 60.2 Å². The summed E-state index contributed by atoms with van der Waals surface area (Å²) in [5, 5.41) is 4.40. The van der Waals surface area contributed by atoms with Gasteiger partial charge in [-0.1, -0.05) is 57.5 Å². The van der Waals surface area contributed by atoms with Crippen molar-refractivity contribution >= 4 is 29.7 Å². The van der Waals surface area contributed by atoms with Gasteiger partial charge in [0.25, 0.3) is 7.37 Å². The second kappa shape index (κ2) is 12.6. The van der Waals surface area contributed by atoms with E-state index in [9.17, 15) is 0 Å². The van der Waals surface area contributed by atoms with Gasteiger partial charge in [-0.15, -0.1) is 0 Å². The summed E-state index contributed by atoms with van der Waals surface area (Å²) in [6, 6.07) is 26.5. The molecule has 1 fully saturated rings. The molecule has 1 N–H and O–H groups in total. The zero-order chi connectivity index (χ0) is 28.2. The Morgan fingerprint density at radius 1 is 0.821 bits per heavy atom. The highest BCUT2D eigenvalue weighted by atomic mass is 31.2.